The predicted octanol–water partition coefficient (Wildman–Crippen LogP) is 2.86. The van der Waals surface area contributed by atoms with Crippen LogP contribution in [0.2, 0.25) is 0 Å². The van der Waals surface area contributed by atoms with Crippen molar-refractivity contribution < 1.29 is 4.92 Å². The summed E-state index contributed by atoms with van der Waals surface area (Å²) in [6, 6.07) is 6.64. The second-order valence-corrected chi connectivity index (χ2v) is 5.38. The van der Waals surface area contributed by atoms with Gasteiger partial charge in [-0.05, 0) is 12.1 Å². The van der Waals surface area contributed by atoms with Crippen LogP contribution in [0.3, 0.4) is 0 Å². The van der Waals surface area contributed by atoms with Crippen LogP contribution in [0.15, 0.2) is 29.3 Å². The Morgan fingerprint density at radius 3 is 2.39 bits per heavy atom. The number of rotatable bonds is 2. The van der Waals surface area contributed by atoms with Gasteiger partial charge >= 0.3 is 0 Å². The monoisotopic (exact) mass is 247 g/mol. The van der Waals surface area contributed by atoms with E-state index in [-0.39, 0.29) is 16.0 Å². The van der Waals surface area contributed by atoms with Crippen LogP contribution in [-0.4, -0.2) is 23.8 Å². The third-order valence-electron chi connectivity index (χ3n) is 2.88. The molecule has 0 unspecified atom stereocenters. The molecule has 5 nitrogen and oxygen atoms in total. The normalized spacial score (nSPS) is 15.7. The molecule has 0 aliphatic carbocycles. The minimum Gasteiger partial charge on any atom is -0.328 e. The van der Waals surface area contributed by atoms with Gasteiger partial charge in [0.2, 0.25) is 0 Å². The maximum Gasteiger partial charge on any atom is 0.269 e. The molecule has 1 heterocycles. The summed E-state index contributed by atoms with van der Waals surface area (Å²) in [6.45, 7) is 7.98. The number of benzene rings is 1. The summed E-state index contributed by atoms with van der Waals surface area (Å²) < 4.78 is 0. The Balaban J connectivity index is 2.27. The van der Waals surface area contributed by atoms with Crippen molar-refractivity contribution in [2.75, 3.05) is 18.0 Å². The number of amidine groups is 1. The van der Waals surface area contributed by atoms with E-state index in [1.165, 1.54) is 12.1 Å². The molecule has 0 atom stereocenters. The summed E-state index contributed by atoms with van der Waals surface area (Å²) in [7, 11) is 0. The summed E-state index contributed by atoms with van der Waals surface area (Å²) in [5.74, 6) is 1.04. The highest BCUT2D eigenvalue weighted by Crippen LogP contribution is 2.28. The first-order chi connectivity index (χ1) is 8.39. The zero-order valence-corrected chi connectivity index (χ0v) is 10.9. The first-order valence-corrected chi connectivity index (χ1v) is 5.96. The van der Waals surface area contributed by atoms with E-state index in [2.05, 4.69) is 30.7 Å². The van der Waals surface area contributed by atoms with Crippen LogP contribution in [0.25, 0.3) is 0 Å². The number of hydrogen-bond acceptors (Lipinski definition) is 4. The molecule has 0 saturated carbocycles. The van der Waals surface area contributed by atoms with Crippen molar-refractivity contribution in [2.45, 2.75) is 20.8 Å². The van der Waals surface area contributed by atoms with Crippen molar-refractivity contribution in [1.82, 2.24) is 0 Å². The van der Waals surface area contributed by atoms with Gasteiger partial charge in [-0.15, -0.1) is 0 Å². The van der Waals surface area contributed by atoms with Gasteiger partial charge in [-0.25, -0.2) is 0 Å². The fourth-order valence-electron chi connectivity index (χ4n) is 2.09. The molecular weight excluding hydrogens is 230 g/mol. The van der Waals surface area contributed by atoms with Gasteiger partial charge in [-0.3, -0.25) is 15.1 Å². The standard InChI is InChI=1S/C13H17N3O2/c1-13(2,3)12-14-8-9-15(12)10-4-6-11(7-5-10)16(17)18/h4-7H,8-9H2,1-3H3. The van der Waals surface area contributed by atoms with Gasteiger partial charge in [0.05, 0.1) is 11.5 Å². The Bertz CT molecular complexity index is 486. The highest BCUT2D eigenvalue weighted by Gasteiger charge is 2.29. The molecule has 0 aromatic heterocycles. The number of nitro groups is 1. The van der Waals surface area contributed by atoms with Crippen LogP contribution in [0, 0.1) is 15.5 Å². The zero-order valence-electron chi connectivity index (χ0n) is 10.9. The number of hydrogen-bond donors (Lipinski definition) is 0. The molecule has 0 saturated heterocycles. The number of nitrogens with zero attached hydrogens (tertiary/aromatic N) is 3. The van der Waals surface area contributed by atoms with Crippen molar-refractivity contribution in [1.29, 1.82) is 0 Å². The smallest absolute Gasteiger partial charge is 0.269 e. The molecule has 2 rings (SSSR count). The first kappa shape index (κ1) is 12.5. The Kier molecular flexibility index (Phi) is 3.07. The SMILES string of the molecule is CC(C)(C)C1=NCCN1c1ccc([N+](=O)[O-])cc1. The van der Waals surface area contributed by atoms with Gasteiger partial charge < -0.3 is 4.90 Å². The lowest BCUT2D eigenvalue weighted by molar-refractivity contribution is -0.384. The molecule has 0 amide bonds. The lowest BCUT2D eigenvalue weighted by Gasteiger charge is -2.29. The van der Waals surface area contributed by atoms with Crippen LogP contribution in [0.4, 0.5) is 11.4 Å². The molecule has 0 bridgehead atoms. The fourth-order valence-corrected chi connectivity index (χ4v) is 2.09. The Labute approximate surface area is 106 Å². The van der Waals surface area contributed by atoms with Gasteiger partial charge in [0.1, 0.15) is 5.84 Å². The molecule has 1 aromatic carbocycles. The van der Waals surface area contributed by atoms with Crippen LogP contribution in [0.5, 0.6) is 0 Å². The summed E-state index contributed by atoms with van der Waals surface area (Å²) >= 11 is 0. The van der Waals surface area contributed by atoms with Gasteiger partial charge in [0.25, 0.3) is 5.69 Å². The second kappa shape index (κ2) is 4.40. The Morgan fingerprint density at radius 1 is 1.28 bits per heavy atom. The molecule has 1 aromatic rings. The van der Waals surface area contributed by atoms with E-state index in [1.54, 1.807) is 12.1 Å². The van der Waals surface area contributed by atoms with E-state index in [9.17, 15) is 10.1 Å². The van der Waals surface area contributed by atoms with E-state index in [1.807, 2.05) is 0 Å². The molecule has 5 heteroatoms. The highest BCUT2D eigenvalue weighted by atomic mass is 16.6. The highest BCUT2D eigenvalue weighted by molar-refractivity contribution is 6.02. The van der Waals surface area contributed by atoms with Crippen molar-refractivity contribution >= 4 is 17.2 Å². The fraction of sp³-hybridized carbons (Fsp3) is 0.462. The Hall–Kier alpha value is -1.91. The van der Waals surface area contributed by atoms with Crippen LogP contribution in [-0.2, 0) is 0 Å². The summed E-state index contributed by atoms with van der Waals surface area (Å²) in [5.41, 5.74) is 1.07. The van der Waals surface area contributed by atoms with E-state index >= 15 is 0 Å². The average molecular weight is 247 g/mol. The molecular formula is C13H17N3O2. The first-order valence-electron chi connectivity index (χ1n) is 5.96. The van der Waals surface area contributed by atoms with Gasteiger partial charge in [-0.1, -0.05) is 20.8 Å². The third kappa shape index (κ3) is 2.34. The van der Waals surface area contributed by atoms with Crippen LogP contribution >= 0.6 is 0 Å². The summed E-state index contributed by atoms with van der Waals surface area (Å²) in [6.07, 6.45) is 0. The molecule has 18 heavy (non-hydrogen) atoms. The minimum absolute atomic E-state index is 0.0156. The van der Waals surface area contributed by atoms with E-state index in [0.717, 1.165) is 24.6 Å². The van der Waals surface area contributed by atoms with Gasteiger partial charge in [-0.2, -0.15) is 0 Å². The van der Waals surface area contributed by atoms with Crippen molar-refractivity contribution in [3.63, 3.8) is 0 Å². The van der Waals surface area contributed by atoms with Crippen molar-refractivity contribution in [3.05, 3.63) is 34.4 Å². The minimum atomic E-state index is -0.382. The van der Waals surface area contributed by atoms with Crippen LogP contribution < -0.4 is 4.90 Å². The molecule has 96 valence electrons. The Morgan fingerprint density at radius 2 is 1.89 bits per heavy atom. The maximum atomic E-state index is 10.6. The van der Waals surface area contributed by atoms with Crippen molar-refractivity contribution in [3.8, 4) is 0 Å². The summed E-state index contributed by atoms with van der Waals surface area (Å²) in [5, 5.41) is 10.6. The van der Waals surface area contributed by atoms with Crippen LogP contribution in [0.1, 0.15) is 20.8 Å². The molecule has 0 spiro atoms. The molecule has 1 aliphatic heterocycles. The van der Waals surface area contributed by atoms with Crippen molar-refractivity contribution in [2.24, 2.45) is 10.4 Å². The number of anilines is 1. The van der Waals surface area contributed by atoms with E-state index in [0.29, 0.717) is 0 Å². The van der Waals surface area contributed by atoms with E-state index in [4.69, 9.17) is 0 Å². The average Bonchev–Trinajstić information content (AvgIpc) is 2.77. The topological polar surface area (TPSA) is 58.7 Å². The zero-order chi connectivity index (χ0) is 13.3. The van der Waals surface area contributed by atoms with Gasteiger partial charge in [0.15, 0.2) is 0 Å². The molecule has 0 radical (unpaired) electrons. The second-order valence-electron chi connectivity index (χ2n) is 5.38. The lowest BCUT2D eigenvalue weighted by Crippen LogP contribution is -2.36. The quantitative estimate of drug-likeness (QED) is 0.596. The van der Waals surface area contributed by atoms with Gasteiger partial charge in [0, 0.05) is 29.8 Å². The third-order valence-corrected chi connectivity index (χ3v) is 2.88. The largest absolute Gasteiger partial charge is 0.328 e. The van der Waals surface area contributed by atoms with E-state index < -0.39 is 0 Å². The number of aliphatic imine (C=N–C) groups is 1. The number of non-ortho nitro benzene ring substituents is 1. The molecule has 0 N–H and O–H groups in total. The number of nitro benzene ring substituents is 1. The maximum absolute atomic E-state index is 10.6. The molecule has 0 fully saturated rings. The summed E-state index contributed by atoms with van der Waals surface area (Å²) in [4.78, 5) is 16.9. The molecule has 1 aliphatic rings. The predicted molar refractivity (Wildman–Crippen MR) is 72.2 cm³/mol. The lowest BCUT2D eigenvalue weighted by atomic mass is 9.94.